The Morgan fingerprint density at radius 2 is 2.33 bits per heavy atom. The zero-order valence-electron chi connectivity index (χ0n) is 7.58. The summed E-state index contributed by atoms with van der Waals surface area (Å²) in [7, 11) is 0. The maximum absolute atomic E-state index is 11.2. The van der Waals surface area contributed by atoms with Crippen LogP contribution in [0.3, 0.4) is 0 Å². The van der Waals surface area contributed by atoms with Crippen molar-refractivity contribution in [3.63, 3.8) is 0 Å². The highest BCUT2D eigenvalue weighted by Gasteiger charge is 2.12. The first-order valence-corrected chi connectivity index (χ1v) is 3.93. The summed E-state index contributed by atoms with van der Waals surface area (Å²) >= 11 is 0. The summed E-state index contributed by atoms with van der Waals surface area (Å²) in [5, 5.41) is 8.34. The molecule has 0 aromatic rings. The van der Waals surface area contributed by atoms with E-state index >= 15 is 0 Å². The fourth-order valence-electron chi connectivity index (χ4n) is 0.911. The Labute approximate surface area is 73.3 Å². The second kappa shape index (κ2) is 5.36. The molecule has 1 amide bonds. The van der Waals surface area contributed by atoms with Gasteiger partial charge < -0.3 is 4.90 Å². The number of nitrogens with zero attached hydrogens (tertiary/aromatic N) is 2. The summed E-state index contributed by atoms with van der Waals surface area (Å²) in [6, 6.07) is 2.13. The molecular weight excluding hydrogens is 152 g/mol. The van der Waals surface area contributed by atoms with Crippen molar-refractivity contribution in [3.05, 3.63) is 12.7 Å². The van der Waals surface area contributed by atoms with Crippen molar-refractivity contribution in [2.75, 3.05) is 6.54 Å². The highest BCUT2D eigenvalue weighted by molar-refractivity contribution is 5.87. The van der Waals surface area contributed by atoms with Gasteiger partial charge in [-0.3, -0.25) is 4.79 Å². The van der Waals surface area contributed by atoms with Crippen molar-refractivity contribution >= 4 is 5.91 Å². The molecule has 0 unspecified atom stereocenters. The predicted molar refractivity (Wildman–Crippen MR) is 47.3 cm³/mol. The van der Waals surface area contributed by atoms with Crippen molar-refractivity contribution in [2.24, 2.45) is 0 Å². The van der Waals surface area contributed by atoms with E-state index in [1.54, 1.807) is 4.90 Å². The monoisotopic (exact) mass is 166 g/mol. The lowest BCUT2D eigenvalue weighted by atomic mass is 10.3. The van der Waals surface area contributed by atoms with Crippen molar-refractivity contribution < 1.29 is 4.79 Å². The first-order valence-electron chi connectivity index (χ1n) is 3.93. The molecule has 12 heavy (non-hydrogen) atoms. The van der Waals surface area contributed by atoms with Gasteiger partial charge in [-0.1, -0.05) is 6.58 Å². The molecule has 0 aliphatic heterocycles. The fraction of sp³-hybridized carbons (Fsp3) is 0.556. The number of carbonyl (C=O) groups excluding carboxylic acids is 1. The van der Waals surface area contributed by atoms with Gasteiger partial charge in [-0.2, -0.15) is 5.26 Å². The second-order valence-corrected chi connectivity index (χ2v) is 2.74. The Morgan fingerprint density at radius 1 is 1.75 bits per heavy atom. The highest BCUT2D eigenvalue weighted by Crippen LogP contribution is 2.00. The average molecular weight is 166 g/mol. The molecule has 0 spiro atoms. The third-order valence-corrected chi connectivity index (χ3v) is 1.55. The van der Waals surface area contributed by atoms with Gasteiger partial charge in [-0.15, -0.1) is 0 Å². The molecule has 0 aromatic heterocycles. The third kappa shape index (κ3) is 3.20. The smallest absolute Gasteiger partial charge is 0.246 e. The van der Waals surface area contributed by atoms with Gasteiger partial charge in [0.05, 0.1) is 12.5 Å². The van der Waals surface area contributed by atoms with Crippen molar-refractivity contribution in [1.29, 1.82) is 5.26 Å². The van der Waals surface area contributed by atoms with Crippen LogP contribution in [0.25, 0.3) is 0 Å². The van der Waals surface area contributed by atoms with Crippen molar-refractivity contribution in [1.82, 2.24) is 4.90 Å². The molecule has 66 valence electrons. The first-order chi connectivity index (χ1) is 5.63. The molecule has 0 saturated carbocycles. The van der Waals surface area contributed by atoms with Gasteiger partial charge in [0.1, 0.15) is 0 Å². The van der Waals surface area contributed by atoms with E-state index in [2.05, 4.69) is 6.58 Å². The van der Waals surface area contributed by atoms with E-state index in [1.807, 2.05) is 19.9 Å². The molecule has 0 atom stereocenters. The maximum atomic E-state index is 11.2. The Hall–Kier alpha value is -1.30. The van der Waals surface area contributed by atoms with E-state index in [4.69, 9.17) is 5.26 Å². The molecule has 3 heteroatoms. The average Bonchev–Trinajstić information content (AvgIpc) is 2.04. The quantitative estimate of drug-likeness (QED) is 0.591. The number of nitriles is 1. The van der Waals surface area contributed by atoms with Gasteiger partial charge in [0, 0.05) is 12.6 Å². The van der Waals surface area contributed by atoms with Crippen molar-refractivity contribution in [3.8, 4) is 6.07 Å². The predicted octanol–water partition coefficient (Wildman–Crippen LogP) is 1.32. The van der Waals surface area contributed by atoms with Crippen LogP contribution in [0.15, 0.2) is 12.7 Å². The number of hydrogen-bond donors (Lipinski definition) is 0. The minimum atomic E-state index is -0.111. The van der Waals surface area contributed by atoms with E-state index in [-0.39, 0.29) is 11.9 Å². The van der Waals surface area contributed by atoms with Crippen LogP contribution in [-0.4, -0.2) is 23.4 Å². The zero-order valence-corrected chi connectivity index (χ0v) is 7.58. The minimum absolute atomic E-state index is 0.111. The van der Waals surface area contributed by atoms with Gasteiger partial charge in [0.25, 0.3) is 0 Å². The highest BCUT2D eigenvalue weighted by atomic mass is 16.2. The normalized spacial score (nSPS) is 9.17. The Bertz CT molecular complexity index is 203. The molecule has 0 N–H and O–H groups in total. The Kier molecular flexibility index (Phi) is 4.78. The van der Waals surface area contributed by atoms with E-state index in [9.17, 15) is 4.79 Å². The van der Waals surface area contributed by atoms with Gasteiger partial charge in [0.2, 0.25) is 5.91 Å². The lowest BCUT2D eigenvalue weighted by Crippen LogP contribution is -2.36. The molecule has 0 aliphatic carbocycles. The van der Waals surface area contributed by atoms with Gasteiger partial charge in [-0.05, 0) is 19.9 Å². The van der Waals surface area contributed by atoms with Crippen LogP contribution in [-0.2, 0) is 4.79 Å². The molecule has 0 fully saturated rings. The summed E-state index contributed by atoms with van der Waals surface area (Å²) < 4.78 is 0. The van der Waals surface area contributed by atoms with Crippen LogP contribution < -0.4 is 0 Å². The van der Waals surface area contributed by atoms with Gasteiger partial charge >= 0.3 is 0 Å². The van der Waals surface area contributed by atoms with E-state index in [0.717, 1.165) is 0 Å². The SMILES string of the molecule is C=CC(=O)N(CCC#N)C(C)C. The topological polar surface area (TPSA) is 44.1 Å². The van der Waals surface area contributed by atoms with Crippen LogP contribution in [0.2, 0.25) is 0 Å². The molecular formula is C9H14N2O. The second-order valence-electron chi connectivity index (χ2n) is 2.74. The molecule has 0 rings (SSSR count). The molecule has 0 saturated heterocycles. The van der Waals surface area contributed by atoms with Crippen LogP contribution in [0.5, 0.6) is 0 Å². The van der Waals surface area contributed by atoms with E-state index < -0.39 is 0 Å². The molecule has 0 aliphatic rings. The number of hydrogen-bond acceptors (Lipinski definition) is 2. The Balaban J connectivity index is 4.15. The van der Waals surface area contributed by atoms with E-state index in [0.29, 0.717) is 13.0 Å². The van der Waals surface area contributed by atoms with Gasteiger partial charge in [-0.25, -0.2) is 0 Å². The summed E-state index contributed by atoms with van der Waals surface area (Å²) in [6.45, 7) is 7.71. The molecule has 0 bridgehead atoms. The lowest BCUT2D eigenvalue weighted by molar-refractivity contribution is -0.127. The van der Waals surface area contributed by atoms with Crippen LogP contribution in [0, 0.1) is 11.3 Å². The Morgan fingerprint density at radius 3 is 2.67 bits per heavy atom. The summed E-state index contributed by atoms with van der Waals surface area (Å²) in [5.41, 5.74) is 0. The lowest BCUT2D eigenvalue weighted by Gasteiger charge is -2.24. The van der Waals surface area contributed by atoms with Crippen molar-refractivity contribution in [2.45, 2.75) is 26.3 Å². The number of amides is 1. The number of carbonyl (C=O) groups is 1. The standard InChI is InChI=1S/C9H14N2O/c1-4-9(12)11(8(2)3)7-5-6-10/h4,8H,1,5,7H2,2-3H3. The zero-order chi connectivity index (χ0) is 9.56. The van der Waals surface area contributed by atoms with Crippen LogP contribution in [0.4, 0.5) is 0 Å². The molecule has 3 nitrogen and oxygen atoms in total. The number of rotatable bonds is 4. The largest absolute Gasteiger partial charge is 0.336 e. The fourth-order valence-corrected chi connectivity index (χ4v) is 0.911. The molecule has 0 radical (unpaired) electrons. The first kappa shape index (κ1) is 10.7. The maximum Gasteiger partial charge on any atom is 0.246 e. The molecule has 0 aromatic carbocycles. The van der Waals surface area contributed by atoms with Gasteiger partial charge in [0.15, 0.2) is 0 Å². The summed E-state index contributed by atoms with van der Waals surface area (Å²) in [6.07, 6.45) is 1.65. The minimum Gasteiger partial charge on any atom is -0.336 e. The summed E-state index contributed by atoms with van der Waals surface area (Å²) in [4.78, 5) is 12.8. The van der Waals surface area contributed by atoms with Crippen LogP contribution in [0.1, 0.15) is 20.3 Å². The third-order valence-electron chi connectivity index (χ3n) is 1.55. The van der Waals surface area contributed by atoms with E-state index in [1.165, 1.54) is 6.08 Å². The van der Waals surface area contributed by atoms with Crippen LogP contribution >= 0.6 is 0 Å². The summed E-state index contributed by atoms with van der Waals surface area (Å²) in [5.74, 6) is -0.111. The molecule has 0 heterocycles.